The Labute approximate surface area is 178 Å². The van der Waals surface area contributed by atoms with E-state index in [1.807, 2.05) is 11.4 Å². The van der Waals surface area contributed by atoms with Gasteiger partial charge in [-0.05, 0) is 29.6 Å². The Balaban J connectivity index is 1.72. The zero-order valence-electron chi connectivity index (χ0n) is 15.3. The number of halogens is 1. The van der Waals surface area contributed by atoms with Gasteiger partial charge in [0.2, 0.25) is 0 Å². The van der Waals surface area contributed by atoms with Crippen LogP contribution >= 0.6 is 22.7 Å². The fraction of sp³-hybridized carbons (Fsp3) is 0.0455. The summed E-state index contributed by atoms with van der Waals surface area (Å²) in [7, 11) is 0. The molecule has 0 spiro atoms. The molecule has 0 aliphatic carbocycles. The van der Waals surface area contributed by atoms with Crippen molar-refractivity contribution in [1.29, 1.82) is 0 Å². The molecule has 1 unspecified atom stereocenters. The van der Waals surface area contributed by atoms with E-state index in [1.165, 1.54) is 34.4 Å². The van der Waals surface area contributed by atoms with Crippen molar-refractivity contribution in [3.05, 3.63) is 87.9 Å². The molecule has 5 nitrogen and oxygen atoms in total. The number of aliphatic hydroxyl groups is 1. The second-order valence-corrected chi connectivity index (χ2v) is 8.65. The molecule has 0 saturated carbocycles. The topological polar surface area (TPSA) is 70.5 Å². The van der Waals surface area contributed by atoms with E-state index in [1.54, 1.807) is 36.4 Å². The van der Waals surface area contributed by atoms with E-state index in [-0.39, 0.29) is 16.5 Å². The lowest BCUT2D eigenvalue weighted by molar-refractivity contribution is -0.132. The Kier molecular flexibility index (Phi) is 4.45. The second-order valence-electron chi connectivity index (χ2n) is 6.66. The number of nitrogens with zero attached hydrogens (tertiary/aromatic N) is 2. The van der Waals surface area contributed by atoms with Crippen molar-refractivity contribution in [3.8, 4) is 0 Å². The number of fused-ring (bicyclic) bond motifs is 1. The molecule has 2 aromatic carbocycles. The molecule has 1 aliphatic heterocycles. The standard InChI is InChI=1S/C22H13FN2O3S2/c23-13-8-9-14-16(11-13)30-22(24-14)25-18(15-7-4-10-29-15)17(20(27)21(25)28)19(26)12-5-2-1-3-6-12/h1-11,18,26H. The first-order valence-corrected chi connectivity index (χ1v) is 10.7. The number of carbonyl (C=O) groups excluding carboxylic acids is 2. The van der Waals surface area contributed by atoms with Gasteiger partial charge in [-0.1, -0.05) is 47.7 Å². The van der Waals surface area contributed by atoms with Gasteiger partial charge in [0, 0.05) is 10.4 Å². The average molecular weight is 436 g/mol. The van der Waals surface area contributed by atoms with E-state index in [2.05, 4.69) is 4.98 Å². The summed E-state index contributed by atoms with van der Waals surface area (Å²) < 4.78 is 14.2. The molecule has 2 aromatic heterocycles. The summed E-state index contributed by atoms with van der Waals surface area (Å²) in [5.41, 5.74) is 0.994. The minimum Gasteiger partial charge on any atom is -0.507 e. The van der Waals surface area contributed by atoms with Gasteiger partial charge < -0.3 is 5.11 Å². The van der Waals surface area contributed by atoms with Crippen LogP contribution in [0.25, 0.3) is 16.0 Å². The van der Waals surface area contributed by atoms with Crippen LogP contribution in [0.5, 0.6) is 0 Å². The molecule has 1 fully saturated rings. The van der Waals surface area contributed by atoms with Crippen LogP contribution in [0.4, 0.5) is 9.52 Å². The minimum absolute atomic E-state index is 0.0130. The third-order valence-electron chi connectivity index (χ3n) is 4.85. The Morgan fingerprint density at radius 3 is 2.60 bits per heavy atom. The van der Waals surface area contributed by atoms with Crippen molar-refractivity contribution < 1.29 is 19.1 Å². The zero-order chi connectivity index (χ0) is 20.8. The summed E-state index contributed by atoms with van der Waals surface area (Å²) >= 11 is 2.50. The van der Waals surface area contributed by atoms with Gasteiger partial charge in [-0.25, -0.2) is 9.37 Å². The number of anilines is 1. The Morgan fingerprint density at radius 1 is 1.07 bits per heavy atom. The van der Waals surface area contributed by atoms with Crippen LogP contribution in [-0.4, -0.2) is 21.8 Å². The van der Waals surface area contributed by atoms with Crippen LogP contribution in [0, 0.1) is 5.82 Å². The van der Waals surface area contributed by atoms with Crippen molar-refractivity contribution in [2.75, 3.05) is 4.90 Å². The molecule has 30 heavy (non-hydrogen) atoms. The molecule has 0 bridgehead atoms. The van der Waals surface area contributed by atoms with E-state index in [0.717, 1.165) is 16.2 Å². The van der Waals surface area contributed by atoms with Crippen molar-refractivity contribution >= 4 is 55.5 Å². The molecular formula is C22H13FN2O3S2. The Bertz CT molecular complexity index is 1310. The minimum atomic E-state index is -0.810. The molecule has 1 amide bonds. The SMILES string of the molecule is O=C1C(=O)N(c2nc3ccc(F)cc3s2)C(c2cccs2)C1=C(O)c1ccccc1. The summed E-state index contributed by atoms with van der Waals surface area (Å²) in [4.78, 5) is 32.5. The highest BCUT2D eigenvalue weighted by Gasteiger charge is 2.48. The summed E-state index contributed by atoms with van der Waals surface area (Å²) in [5, 5.41) is 13.1. The van der Waals surface area contributed by atoms with Crippen LogP contribution in [0.3, 0.4) is 0 Å². The summed E-state index contributed by atoms with van der Waals surface area (Å²) in [6, 6.07) is 15.6. The number of benzene rings is 2. The van der Waals surface area contributed by atoms with Gasteiger partial charge in [0.15, 0.2) is 5.13 Å². The molecule has 1 N–H and O–H groups in total. The van der Waals surface area contributed by atoms with Gasteiger partial charge in [-0.2, -0.15) is 0 Å². The number of ketones is 1. The maximum atomic E-state index is 13.6. The van der Waals surface area contributed by atoms with Crippen LogP contribution in [0.15, 0.2) is 71.6 Å². The normalized spacial score (nSPS) is 18.4. The average Bonchev–Trinajstić information content (AvgIpc) is 3.47. The predicted octanol–water partition coefficient (Wildman–Crippen LogP) is 5.12. The maximum absolute atomic E-state index is 13.6. The van der Waals surface area contributed by atoms with Crippen LogP contribution in [0.1, 0.15) is 16.5 Å². The Morgan fingerprint density at radius 2 is 1.87 bits per heavy atom. The lowest BCUT2D eigenvalue weighted by Crippen LogP contribution is -2.28. The monoisotopic (exact) mass is 436 g/mol. The second kappa shape index (κ2) is 7.16. The van der Waals surface area contributed by atoms with Gasteiger partial charge in [0.1, 0.15) is 17.6 Å². The first kappa shape index (κ1) is 18.7. The molecule has 8 heteroatoms. The fourth-order valence-electron chi connectivity index (χ4n) is 3.49. The number of aliphatic hydroxyl groups excluding tert-OH is 1. The molecule has 5 rings (SSSR count). The molecule has 3 heterocycles. The van der Waals surface area contributed by atoms with E-state index < -0.39 is 23.5 Å². The largest absolute Gasteiger partial charge is 0.507 e. The van der Waals surface area contributed by atoms with Crippen LogP contribution < -0.4 is 4.90 Å². The lowest BCUT2D eigenvalue weighted by Gasteiger charge is -2.21. The van der Waals surface area contributed by atoms with E-state index >= 15 is 0 Å². The molecular weight excluding hydrogens is 423 g/mol. The number of hydrogen-bond acceptors (Lipinski definition) is 6. The molecule has 1 saturated heterocycles. The van der Waals surface area contributed by atoms with Crippen molar-refractivity contribution in [1.82, 2.24) is 4.98 Å². The Hall–Kier alpha value is -3.36. The number of carbonyl (C=O) groups is 2. The highest BCUT2D eigenvalue weighted by molar-refractivity contribution is 7.22. The number of hydrogen-bond donors (Lipinski definition) is 1. The molecule has 4 aromatic rings. The number of aromatic nitrogens is 1. The lowest BCUT2D eigenvalue weighted by atomic mass is 10.00. The van der Waals surface area contributed by atoms with Gasteiger partial charge >= 0.3 is 5.91 Å². The fourth-order valence-corrected chi connectivity index (χ4v) is 5.33. The van der Waals surface area contributed by atoms with Crippen molar-refractivity contribution in [2.24, 2.45) is 0 Å². The van der Waals surface area contributed by atoms with Gasteiger partial charge in [-0.3, -0.25) is 14.5 Å². The summed E-state index contributed by atoms with van der Waals surface area (Å²) in [6.45, 7) is 0. The van der Waals surface area contributed by atoms with Gasteiger partial charge in [0.25, 0.3) is 5.78 Å². The first-order valence-electron chi connectivity index (χ1n) is 9.00. The van der Waals surface area contributed by atoms with Gasteiger partial charge in [0.05, 0.1) is 15.8 Å². The van der Waals surface area contributed by atoms with E-state index in [4.69, 9.17) is 0 Å². The first-order chi connectivity index (χ1) is 14.5. The van der Waals surface area contributed by atoms with Gasteiger partial charge in [-0.15, -0.1) is 11.3 Å². The number of rotatable bonds is 3. The van der Waals surface area contributed by atoms with Crippen LogP contribution in [0.2, 0.25) is 0 Å². The highest BCUT2D eigenvalue weighted by atomic mass is 32.1. The zero-order valence-corrected chi connectivity index (χ0v) is 16.9. The number of amides is 1. The van der Waals surface area contributed by atoms with E-state index in [0.29, 0.717) is 15.8 Å². The summed E-state index contributed by atoms with van der Waals surface area (Å²) in [5.74, 6) is -2.19. The molecule has 148 valence electrons. The van der Waals surface area contributed by atoms with Crippen molar-refractivity contribution in [3.63, 3.8) is 0 Å². The third kappa shape index (κ3) is 2.92. The molecule has 1 atom stereocenters. The third-order valence-corrected chi connectivity index (χ3v) is 6.79. The van der Waals surface area contributed by atoms with Crippen molar-refractivity contribution in [2.45, 2.75) is 6.04 Å². The number of thiazole rings is 1. The molecule has 1 aliphatic rings. The maximum Gasteiger partial charge on any atom is 0.301 e. The number of Topliss-reactive ketones (excluding diaryl/α,β-unsaturated/α-hetero) is 1. The highest BCUT2D eigenvalue weighted by Crippen LogP contribution is 2.45. The van der Waals surface area contributed by atoms with E-state index in [9.17, 15) is 19.1 Å². The summed E-state index contributed by atoms with van der Waals surface area (Å²) in [6.07, 6.45) is 0. The van der Waals surface area contributed by atoms with Crippen LogP contribution in [-0.2, 0) is 9.59 Å². The molecule has 0 radical (unpaired) electrons. The number of thiophene rings is 1. The quantitative estimate of drug-likeness (QED) is 0.275. The smallest absolute Gasteiger partial charge is 0.301 e. The predicted molar refractivity (Wildman–Crippen MR) is 115 cm³/mol.